The van der Waals surface area contributed by atoms with Gasteiger partial charge >= 0.3 is 0 Å². The predicted molar refractivity (Wildman–Crippen MR) is 53.8 cm³/mol. The van der Waals surface area contributed by atoms with E-state index in [4.69, 9.17) is 5.73 Å². The van der Waals surface area contributed by atoms with E-state index < -0.39 is 5.82 Å². The zero-order valence-electron chi connectivity index (χ0n) is 8.32. The molecule has 0 saturated heterocycles. The van der Waals surface area contributed by atoms with Crippen LogP contribution in [-0.2, 0) is 0 Å². The third-order valence-corrected chi connectivity index (χ3v) is 2.94. The van der Waals surface area contributed by atoms with Crippen molar-refractivity contribution in [3.05, 3.63) is 29.8 Å². The van der Waals surface area contributed by atoms with Gasteiger partial charge in [0.2, 0.25) is 0 Å². The molecule has 1 aromatic rings. The molecule has 1 fully saturated rings. The summed E-state index contributed by atoms with van der Waals surface area (Å²) in [6.07, 6.45) is 5.06. The first-order valence-corrected chi connectivity index (χ1v) is 5.09. The molecule has 1 aromatic heterocycles. The Morgan fingerprint density at radius 1 is 1.53 bits per heavy atom. The van der Waals surface area contributed by atoms with Gasteiger partial charge in [-0.2, -0.15) is 0 Å². The molecule has 1 heterocycles. The highest BCUT2D eigenvalue weighted by atomic mass is 19.1. The van der Waals surface area contributed by atoms with Crippen LogP contribution in [0.25, 0.3) is 0 Å². The second-order valence-electron chi connectivity index (χ2n) is 3.92. The third-order valence-electron chi connectivity index (χ3n) is 2.94. The van der Waals surface area contributed by atoms with Crippen molar-refractivity contribution >= 4 is 5.78 Å². The second-order valence-corrected chi connectivity index (χ2v) is 3.92. The normalized spacial score (nSPS) is 25.5. The Balaban J connectivity index is 2.24. The average molecular weight is 208 g/mol. The van der Waals surface area contributed by atoms with Gasteiger partial charge in [-0.3, -0.25) is 9.78 Å². The molecule has 0 aromatic carbocycles. The number of pyridine rings is 1. The van der Waals surface area contributed by atoms with E-state index in [2.05, 4.69) is 4.98 Å². The van der Waals surface area contributed by atoms with E-state index in [1.165, 1.54) is 12.3 Å². The molecular formula is C11H13FN2O. The fourth-order valence-electron chi connectivity index (χ4n) is 2.09. The molecule has 4 heteroatoms. The third kappa shape index (κ3) is 1.90. The van der Waals surface area contributed by atoms with Crippen LogP contribution < -0.4 is 5.73 Å². The predicted octanol–water partition coefficient (Wildman–Crippen LogP) is 1.53. The van der Waals surface area contributed by atoms with E-state index in [9.17, 15) is 9.18 Å². The molecule has 0 radical (unpaired) electrons. The maximum atomic E-state index is 13.3. The Morgan fingerprint density at radius 3 is 2.93 bits per heavy atom. The number of Topliss-reactive ketones (excluding diaryl/α,β-unsaturated/α-hetero) is 1. The standard InChI is InChI=1S/C11H13FN2O/c12-9-6-14-5-4-7(9)11(15)8-2-1-3-10(8)13/h4-6,8,10H,1-3,13H2. The van der Waals surface area contributed by atoms with Gasteiger partial charge in [0.05, 0.1) is 11.8 Å². The van der Waals surface area contributed by atoms with Crippen molar-refractivity contribution in [3.63, 3.8) is 0 Å². The van der Waals surface area contributed by atoms with E-state index in [1.807, 2.05) is 0 Å². The smallest absolute Gasteiger partial charge is 0.170 e. The number of nitrogens with two attached hydrogens (primary N) is 1. The van der Waals surface area contributed by atoms with Gasteiger partial charge in [-0.1, -0.05) is 6.42 Å². The lowest BCUT2D eigenvalue weighted by molar-refractivity contribution is 0.0909. The van der Waals surface area contributed by atoms with Gasteiger partial charge in [-0.15, -0.1) is 0 Å². The van der Waals surface area contributed by atoms with Gasteiger partial charge < -0.3 is 5.73 Å². The Labute approximate surface area is 87.5 Å². The number of nitrogens with zero attached hydrogens (tertiary/aromatic N) is 1. The molecule has 0 bridgehead atoms. The molecule has 0 amide bonds. The monoisotopic (exact) mass is 208 g/mol. The lowest BCUT2D eigenvalue weighted by Crippen LogP contribution is -2.31. The van der Waals surface area contributed by atoms with Gasteiger partial charge in [0.15, 0.2) is 11.6 Å². The van der Waals surface area contributed by atoms with Crippen LogP contribution in [0.1, 0.15) is 29.6 Å². The molecule has 1 aliphatic carbocycles. The van der Waals surface area contributed by atoms with Crippen molar-refractivity contribution in [2.75, 3.05) is 0 Å². The summed E-state index contributed by atoms with van der Waals surface area (Å²) in [5.74, 6) is -0.955. The number of ketones is 1. The van der Waals surface area contributed by atoms with Crippen molar-refractivity contribution in [1.29, 1.82) is 0 Å². The van der Waals surface area contributed by atoms with Crippen molar-refractivity contribution in [2.45, 2.75) is 25.3 Å². The molecule has 0 aliphatic heterocycles. The van der Waals surface area contributed by atoms with E-state index in [0.717, 1.165) is 25.5 Å². The van der Waals surface area contributed by atoms with Crippen LogP contribution in [0.4, 0.5) is 4.39 Å². The van der Waals surface area contributed by atoms with Crippen LogP contribution in [0, 0.1) is 11.7 Å². The molecule has 15 heavy (non-hydrogen) atoms. The lowest BCUT2D eigenvalue weighted by atomic mass is 9.94. The summed E-state index contributed by atoms with van der Waals surface area (Å²) in [4.78, 5) is 15.5. The van der Waals surface area contributed by atoms with Crippen molar-refractivity contribution < 1.29 is 9.18 Å². The molecule has 0 spiro atoms. The summed E-state index contributed by atoms with van der Waals surface area (Å²) in [7, 11) is 0. The fourth-order valence-corrected chi connectivity index (χ4v) is 2.09. The number of hydrogen-bond donors (Lipinski definition) is 1. The minimum Gasteiger partial charge on any atom is -0.327 e. The molecular weight excluding hydrogens is 195 g/mol. The zero-order valence-corrected chi connectivity index (χ0v) is 8.32. The maximum absolute atomic E-state index is 13.3. The van der Waals surface area contributed by atoms with Crippen molar-refractivity contribution in [2.24, 2.45) is 11.7 Å². The SMILES string of the molecule is NC1CCCC1C(=O)c1ccncc1F. The summed E-state index contributed by atoms with van der Waals surface area (Å²) in [6, 6.07) is 1.30. The summed E-state index contributed by atoms with van der Waals surface area (Å²) >= 11 is 0. The summed E-state index contributed by atoms with van der Waals surface area (Å²) < 4.78 is 13.3. The van der Waals surface area contributed by atoms with Crippen molar-refractivity contribution in [1.82, 2.24) is 4.98 Å². The molecule has 2 N–H and O–H groups in total. The highest BCUT2D eigenvalue weighted by molar-refractivity contribution is 5.98. The van der Waals surface area contributed by atoms with Crippen molar-refractivity contribution in [3.8, 4) is 0 Å². The Hall–Kier alpha value is -1.29. The molecule has 2 atom stereocenters. The molecule has 3 nitrogen and oxygen atoms in total. The first-order chi connectivity index (χ1) is 7.20. The minimum atomic E-state index is -0.554. The molecule has 2 rings (SSSR count). The van der Waals surface area contributed by atoms with Crippen LogP contribution in [0.2, 0.25) is 0 Å². The van der Waals surface area contributed by atoms with Crippen LogP contribution >= 0.6 is 0 Å². The Morgan fingerprint density at radius 2 is 2.33 bits per heavy atom. The van der Waals surface area contributed by atoms with Crippen LogP contribution in [0.15, 0.2) is 18.5 Å². The van der Waals surface area contributed by atoms with Gasteiger partial charge in [-0.05, 0) is 18.9 Å². The fraction of sp³-hybridized carbons (Fsp3) is 0.455. The average Bonchev–Trinajstić information content (AvgIpc) is 2.64. The van der Waals surface area contributed by atoms with Gasteiger partial charge in [-0.25, -0.2) is 4.39 Å². The summed E-state index contributed by atoms with van der Waals surface area (Å²) in [5.41, 5.74) is 5.93. The van der Waals surface area contributed by atoms with Gasteiger partial charge in [0.1, 0.15) is 0 Å². The number of aromatic nitrogens is 1. The first-order valence-electron chi connectivity index (χ1n) is 5.09. The number of rotatable bonds is 2. The number of hydrogen-bond acceptors (Lipinski definition) is 3. The largest absolute Gasteiger partial charge is 0.327 e. The zero-order chi connectivity index (χ0) is 10.8. The molecule has 80 valence electrons. The Kier molecular flexibility index (Phi) is 2.77. The highest BCUT2D eigenvalue weighted by Crippen LogP contribution is 2.27. The van der Waals surface area contributed by atoms with E-state index in [1.54, 1.807) is 0 Å². The first kappa shape index (κ1) is 10.2. The maximum Gasteiger partial charge on any atom is 0.170 e. The highest BCUT2D eigenvalue weighted by Gasteiger charge is 2.31. The molecule has 1 aliphatic rings. The van der Waals surface area contributed by atoms with Gasteiger partial charge in [0.25, 0.3) is 0 Å². The van der Waals surface area contributed by atoms with Crippen LogP contribution in [0.3, 0.4) is 0 Å². The van der Waals surface area contributed by atoms with E-state index in [0.29, 0.717) is 0 Å². The second kappa shape index (κ2) is 4.06. The number of halogens is 1. The Bertz CT molecular complexity index is 381. The molecule has 1 saturated carbocycles. The number of carbonyl (C=O) groups is 1. The molecule has 2 unspecified atom stereocenters. The summed E-state index contributed by atoms with van der Waals surface area (Å²) in [5, 5.41) is 0. The summed E-state index contributed by atoms with van der Waals surface area (Å²) in [6.45, 7) is 0. The topological polar surface area (TPSA) is 56.0 Å². The van der Waals surface area contributed by atoms with Crippen LogP contribution in [-0.4, -0.2) is 16.8 Å². The lowest BCUT2D eigenvalue weighted by Gasteiger charge is -2.13. The minimum absolute atomic E-state index is 0.118. The van der Waals surface area contributed by atoms with Crippen LogP contribution in [0.5, 0.6) is 0 Å². The number of carbonyl (C=O) groups excluding carboxylic acids is 1. The van der Waals surface area contributed by atoms with E-state index >= 15 is 0 Å². The van der Waals surface area contributed by atoms with E-state index in [-0.39, 0.29) is 23.3 Å². The quantitative estimate of drug-likeness (QED) is 0.750. The van der Waals surface area contributed by atoms with Gasteiger partial charge in [0, 0.05) is 18.2 Å².